The molecular formula is C10H8BrClO3. The molecule has 15 heavy (non-hydrogen) atoms. The van der Waals surface area contributed by atoms with Crippen LogP contribution in [-0.2, 0) is 11.2 Å². The van der Waals surface area contributed by atoms with E-state index in [1.54, 1.807) is 18.2 Å². The van der Waals surface area contributed by atoms with Crippen molar-refractivity contribution in [2.75, 3.05) is 0 Å². The van der Waals surface area contributed by atoms with Gasteiger partial charge < -0.3 is 5.11 Å². The zero-order valence-electron chi connectivity index (χ0n) is 7.67. The molecule has 0 aliphatic rings. The highest BCUT2D eigenvalue weighted by molar-refractivity contribution is 9.10. The summed E-state index contributed by atoms with van der Waals surface area (Å²) in [5.41, 5.74) is 1.24. The summed E-state index contributed by atoms with van der Waals surface area (Å²) in [6, 6.07) is 4.98. The van der Waals surface area contributed by atoms with Gasteiger partial charge in [0.15, 0.2) is 0 Å². The van der Waals surface area contributed by atoms with Gasteiger partial charge >= 0.3 is 5.97 Å². The minimum absolute atomic E-state index is 0.0700. The first-order valence-electron chi connectivity index (χ1n) is 4.20. The van der Waals surface area contributed by atoms with E-state index in [-0.39, 0.29) is 6.42 Å². The maximum absolute atomic E-state index is 10.9. The third-order valence-electron chi connectivity index (χ3n) is 1.87. The van der Waals surface area contributed by atoms with Crippen LogP contribution in [0.4, 0.5) is 0 Å². The molecular weight excluding hydrogens is 283 g/mol. The van der Waals surface area contributed by atoms with E-state index >= 15 is 0 Å². The molecule has 0 heterocycles. The Hall–Kier alpha value is -0.870. The summed E-state index contributed by atoms with van der Waals surface area (Å²) in [4.78, 5) is 21.2. The summed E-state index contributed by atoms with van der Waals surface area (Å²) in [7, 11) is 0. The summed E-state index contributed by atoms with van der Waals surface area (Å²) in [6.07, 6.45) is 0.505. The Kier molecular flexibility index (Phi) is 4.29. The Morgan fingerprint density at radius 3 is 2.53 bits per heavy atom. The number of halogens is 2. The topological polar surface area (TPSA) is 54.4 Å². The van der Waals surface area contributed by atoms with Crippen LogP contribution in [0.5, 0.6) is 0 Å². The largest absolute Gasteiger partial charge is 0.481 e. The highest BCUT2D eigenvalue weighted by Gasteiger charge is 2.08. The maximum atomic E-state index is 10.9. The average molecular weight is 292 g/mol. The lowest BCUT2D eigenvalue weighted by molar-refractivity contribution is -0.136. The monoisotopic (exact) mass is 290 g/mol. The van der Waals surface area contributed by atoms with E-state index < -0.39 is 11.2 Å². The van der Waals surface area contributed by atoms with Crippen molar-refractivity contribution >= 4 is 38.7 Å². The summed E-state index contributed by atoms with van der Waals surface area (Å²) < 4.78 is 0.588. The number of rotatable bonds is 4. The van der Waals surface area contributed by atoms with Gasteiger partial charge in [0.1, 0.15) is 0 Å². The van der Waals surface area contributed by atoms with Gasteiger partial charge in [-0.25, -0.2) is 0 Å². The summed E-state index contributed by atoms with van der Waals surface area (Å²) >= 11 is 8.53. The number of carbonyl (C=O) groups excluding carboxylic acids is 1. The number of aliphatic carboxylic acids is 1. The number of hydrogen-bond donors (Lipinski definition) is 1. The van der Waals surface area contributed by atoms with Crippen molar-refractivity contribution in [1.82, 2.24) is 0 Å². The number of carboxylic acids is 1. The third-order valence-corrected chi connectivity index (χ3v) is 2.73. The Labute approximate surface area is 100 Å². The first-order valence-corrected chi connectivity index (χ1v) is 5.38. The average Bonchev–Trinajstić information content (AvgIpc) is 2.14. The molecule has 0 bridgehead atoms. The van der Waals surface area contributed by atoms with Gasteiger partial charge in [-0.1, -0.05) is 6.07 Å². The molecule has 3 nitrogen and oxygen atoms in total. The molecule has 80 valence electrons. The fraction of sp³-hybridized carbons (Fsp3) is 0.200. The lowest BCUT2D eigenvalue weighted by Crippen LogP contribution is -1.98. The second kappa shape index (κ2) is 5.28. The van der Waals surface area contributed by atoms with Crippen molar-refractivity contribution in [2.24, 2.45) is 0 Å². The van der Waals surface area contributed by atoms with Gasteiger partial charge in [0.2, 0.25) is 0 Å². The van der Waals surface area contributed by atoms with Crippen LogP contribution in [0.3, 0.4) is 0 Å². The van der Waals surface area contributed by atoms with E-state index in [4.69, 9.17) is 16.7 Å². The smallest absolute Gasteiger partial charge is 0.303 e. The van der Waals surface area contributed by atoms with E-state index in [1.165, 1.54) is 0 Å². The van der Waals surface area contributed by atoms with Crippen LogP contribution in [0.15, 0.2) is 22.7 Å². The lowest BCUT2D eigenvalue weighted by Gasteiger charge is -2.02. The number of carbonyl (C=O) groups is 2. The van der Waals surface area contributed by atoms with Crippen LogP contribution in [0.1, 0.15) is 22.3 Å². The molecule has 0 unspecified atom stereocenters. The Morgan fingerprint density at radius 1 is 1.40 bits per heavy atom. The number of benzene rings is 1. The highest BCUT2D eigenvalue weighted by atomic mass is 79.9. The number of carboxylic acid groups (broad SMARTS) is 1. The van der Waals surface area contributed by atoms with E-state index in [0.717, 1.165) is 5.56 Å². The van der Waals surface area contributed by atoms with E-state index in [0.29, 0.717) is 16.5 Å². The highest BCUT2D eigenvalue weighted by Crippen LogP contribution is 2.21. The minimum Gasteiger partial charge on any atom is -0.481 e. The van der Waals surface area contributed by atoms with Crippen molar-refractivity contribution in [1.29, 1.82) is 0 Å². The molecule has 0 fully saturated rings. The first-order chi connectivity index (χ1) is 7.00. The number of aryl methyl sites for hydroxylation is 1. The SMILES string of the molecule is O=C(O)CCc1ccc(C(=O)Cl)c(Br)c1. The minimum atomic E-state index is -0.844. The molecule has 1 rings (SSSR count). The van der Waals surface area contributed by atoms with Gasteiger partial charge in [0.25, 0.3) is 5.24 Å². The van der Waals surface area contributed by atoms with Crippen LogP contribution >= 0.6 is 27.5 Å². The number of hydrogen-bond acceptors (Lipinski definition) is 2. The van der Waals surface area contributed by atoms with Crippen molar-refractivity contribution < 1.29 is 14.7 Å². The predicted octanol–water partition coefficient (Wildman–Crippen LogP) is 2.85. The Bertz CT molecular complexity index is 404. The third kappa shape index (κ3) is 3.64. The summed E-state index contributed by atoms with van der Waals surface area (Å²) in [6.45, 7) is 0. The molecule has 1 aromatic rings. The molecule has 0 aliphatic carbocycles. The Balaban J connectivity index is 2.82. The van der Waals surface area contributed by atoms with Crippen LogP contribution in [0, 0.1) is 0 Å². The van der Waals surface area contributed by atoms with Gasteiger partial charge in [0, 0.05) is 16.5 Å². The fourth-order valence-corrected chi connectivity index (χ4v) is 2.01. The molecule has 0 amide bonds. The summed E-state index contributed by atoms with van der Waals surface area (Å²) in [5.74, 6) is -0.844. The molecule has 1 aromatic carbocycles. The molecule has 5 heteroatoms. The molecule has 1 N–H and O–H groups in total. The van der Waals surface area contributed by atoms with Crippen LogP contribution in [0.25, 0.3) is 0 Å². The molecule has 0 atom stereocenters. The maximum Gasteiger partial charge on any atom is 0.303 e. The standard InChI is InChI=1S/C10H8BrClO3/c11-8-5-6(2-4-9(13)14)1-3-7(8)10(12)15/h1,3,5H,2,4H2,(H,13,14). The van der Waals surface area contributed by atoms with Gasteiger partial charge in [0.05, 0.1) is 0 Å². The van der Waals surface area contributed by atoms with Gasteiger partial charge in [-0.3, -0.25) is 9.59 Å². The zero-order chi connectivity index (χ0) is 11.4. The summed E-state index contributed by atoms with van der Waals surface area (Å²) in [5, 5.41) is 7.96. The molecule has 0 saturated heterocycles. The van der Waals surface area contributed by atoms with Gasteiger partial charge in [-0.2, -0.15) is 0 Å². The predicted molar refractivity (Wildman–Crippen MR) is 60.3 cm³/mol. The second-order valence-electron chi connectivity index (χ2n) is 2.98. The normalized spacial score (nSPS) is 10.0. The molecule has 0 aliphatic heterocycles. The van der Waals surface area contributed by atoms with Crippen molar-refractivity contribution in [3.8, 4) is 0 Å². The van der Waals surface area contributed by atoms with Crippen molar-refractivity contribution in [3.05, 3.63) is 33.8 Å². The van der Waals surface area contributed by atoms with E-state index in [1.807, 2.05) is 0 Å². The molecule has 0 radical (unpaired) electrons. The first kappa shape index (κ1) is 12.2. The second-order valence-corrected chi connectivity index (χ2v) is 4.18. The van der Waals surface area contributed by atoms with Gasteiger partial charge in [-0.05, 0) is 51.6 Å². The quantitative estimate of drug-likeness (QED) is 0.868. The molecule has 0 spiro atoms. The van der Waals surface area contributed by atoms with Crippen molar-refractivity contribution in [3.63, 3.8) is 0 Å². The lowest BCUT2D eigenvalue weighted by atomic mass is 10.1. The molecule has 0 saturated carbocycles. The Morgan fingerprint density at radius 2 is 2.07 bits per heavy atom. The van der Waals surface area contributed by atoms with Crippen LogP contribution in [-0.4, -0.2) is 16.3 Å². The van der Waals surface area contributed by atoms with E-state index in [2.05, 4.69) is 15.9 Å². The van der Waals surface area contributed by atoms with Gasteiger partial charge in [-0.15, -0.1) is 0 Å². The van der Waals surface area contributed by atoms with Crippen molar-refractivity contribution in [2.45, 2.75) is 12.8 Å². The molecule has 0 aromatic heterocycles. The van der Waals surface area contributed by atoms with Crippen LogP contribution < -0.4 is 0 Å². The van der Waals surface area contributed by atoms with E-state index in [9.17, 15) is 9.59 Å². The van der Waals surface area contributed by atoms with Crippen LogP contribution in [0.2, 0.25) is 0 Å². The zero-order valence-corrected chi connectivity index (χ0v) is 10.0. The fourth-order valence-electron chi connectivity index (χ4n) is 1.12.